The van der Waals surface area contributed by atoms with E-state index in [-0.39, 0.29) is 5.56 Å². The van der Waals surface area contributed by atoms with Gasteiger partial charge in [0.2, 0.25) is 5.91 Å². The highest BCUT2D eigenvalue weighted by Gasteiger charge is 2.18. The third-order valence-corrected chi connectivity index (χ3v) is 5.83. The van der Waals surface area contributed by atoms with Crippen LogP contribution < -0.4 is 11.3 Å². The van der Waals surface area contributed by atoms with Gasteiger partial charge in [0.05, 0.1) is 21.8 Å². The van der Waals surface area contributed by atoms with Crippen LogP contribution in [0.1, 0.15) is 38.7 Å². The molecule has 0 spiro atoms. The summed E-state index contributed by atoms with van der Waals surface area (Å²) in [6.07, 6.45) is 1.05. The van der Waals surface area contributed by atoms with Gasteiger partial charge in [-0.1, -0.05) is 49.9 Å². The number of fused-ring (bicyclic) bond motifs is 1. The zero-order chi connectivity index (χ0) is 19.6. The summed E-state index contributed by atoms with van der Waals surface area (Å²) in [4.78, 5) is 29.3. The second-order valence-electron chi connectivity index (χ2n) is 6.62. The average molecular weight is 382 g/mol. The fourth-order valence-electron chi connectivity index (χ4n) is 2.82. The molecule has 0 saturated carbocycles. The van der Waals surface area contributed by atoms with E-state index in [1.165, 1.54) is 17.3 Å². The van der Waals surface area contributed by atoms with Gasteiger partial charge in [-0.3, -0.25) is 14.2 Å². The summed E-state index contributed by atoms with van der Waals surface area (Å²) in [7, 11) is 0. The molecule has 0 radical (unpaired) electrons. The summed E-state index contributed by atoms with van der Waals surface area (Å²) in [5.74, 6) is 0.00954. The Morgan fingerprint density at radius 3 is 2.44 bits per heavy atom. The van der Waals surface area contributed by atoms with Crippen LogP contribution in [0.2, 0.25) is 0 Å². The van der Waals surface area contributed by atoms with Crippen molar-refractivity contribution in [3.05, 3.63) is 64.4 Å². The zero-order valence-corrected chi connectivity index (χ0v) is 16.5. The maximum absolute atomic E-state index is 13.2. The van der Waals surface area contributed by atoms with Gasteiger partial charge in [0, 0.05) is 0 Å². The number of aromatic nitrogens is 2. The fraction of sp³-hybridized carbons (Fsp3) is 0.286. The molecule has 2 atom stereocenters. The fourth-order valence-corrected chi connectivity index (χ4v) is 3.70. The monoisotopic (exact) mass is 381 g/mol. The van der Waals surface area contributed by atoms with Crippen LogP contribution in [0.4, 0.5) is 0 Å². The lowest BCUT2D eigenvalue weighted by Crippen LogP contribution is -2.26. The Kier molecular flexibility index (Phi) is 5.65. The lowest BCUT2D eigenvalue weighted by atomic mass is 9.98. The summed E-state index contributed by atoms with van der Waals surface area (Å²) in [6.45, 7) is 6.04. The Morgan fingerprint density at radius 1 is 1.15 bits per heavy atom. The van der Waals surface area contributed by atoms with Crippen molar-refractivity contribution in [3.63, 3.8) is 0 Å². The molecule has 3 aromatic rings. The van der Waals surface area contributed by atoms with Gasteiger partial charge in [0.1, 0.15) is 0 Å². The first-order chi connectivity index (χ1) is 12.9. The predicted molar refractivity (Wildman–Crippen MR) is 111 cm³/mol. The molecule has 140 valence electrons. The normalized spacial score (nSPS) is 13.4. The van der Waals surface area contributed by atoms with Gasteiger partial charge in [0.25, 0.3) is 5.56 Å². The van der Waals surface area contributed by atoms with E-state index in [1.54, 1.807) is 23.6 Å². The molecule has 0 aliphatic heterocycles. The number of thioether (sulfide) groups is 1. The SMILES string of the molecule is CC[C@@H](C)c1ccc(-n2c(S[C@@H](C)C(N)=O)nc3ccccc3c2=O)cc1. The first-order valence-electron chi connectivity index (χ1n) is 9.00. The smallest absolute Gasteiger partial charge is 0.266 e. The van der Waals surface area contributed by atoms with Crippen LogP contribution in [0.5, 0.6) is 0 Å². The number of nitrogens with zero attached hydrogens (tertiary/aromatic N) is 2. The predicted octanol–water partition coefficient (Wildman–Crippen LogP) is 3.87. The van der Waals surface area contributed by atoms with E-state index in [1.807, 2.05) is 36.4 Å². The van der Waals surface area contributed by atoms with Crippen LogP contribution >= 0.6 is 11.8 Å². The van der Waals surface area contributed by atoms with E-state index >= 15 is 0 Å². The van der Waals surface area contributed by atoms with Crippen molar-refractivity contribution in [1.82, 2.24) is 9.55 Å². The highest BCUT2D eigenvalue weighted by atomic mass is 32.2. The molecule has 6 heteroatoms. The summed E-state index contributed by atoms with van der Waals surface area (Å²) < 4.78 is 1.56. The van der Waals surface area contributed by atoms with E-state index in [0.29, 0.717) is 22.0 Å². The highest BCUT2D eigenvalue weighted by Crippen LogP contribution is 2.26. The van der Waals surface area contributed by atoms with E-state index in [4.69, 9.17) is 5.73 Å². The van der Waals surface area contributed by atoms with E-state index in [2.05, 4.69) is 18.8 Å². The molecule has 0 fully saturated rings. The lowest BCUT2D eigenvalue weighted by Gasteiger charge is -2.16. The van der Waals surface area contributed by atoms with Crippen LogP contribution in [0, 0.1) is 0 Å². The second-order valence-corrected chi connectivity index (χ2v) is 7.92. The number of benzene rings is 2. The van der Waals surface area contributed by atoms with E-state index < -0.39 is 11.2 Å². The van der Waals surface area contributed by atoms with Gasteiger partial charge in [-0.25, -0.2) is 4.98 Å². The molecule has 3 rings (SSSR count). The molecular weight excluding hydrogens is 358 g/mol. The number of nitrogens with two attached hydrogens (primary N) is 1. The van der Waals surface area contributed by atoms with Crippen molar-refractivity contribution in [2.75, 3.05) is 0 Å². The second kappa shape index (κ2) is 7.96. The minimum absolute atomic E-state index is 0.156. The first kappa shape index (κ1) is 19.2. The third kappa shape index (κ3) is 3.90. The number of hydrogen-bond donors (Lipinski definition) is 1. The average Bonchev–Trinajstić information content (AvgIpc) is 2.68. The summed E-state index contributed by atoms with van der Waals surface area (Å²) in [6, 6.07) is 15.2. The number of rotatable bonds is 6. The van der Waals surface area contributed by atoms with E-state index in [9.17, 15) is 9.59 Å². The van der Waals surface area contributed by atoms with Crippen LogP contribution in [0.3, 0.4) is 0 Å². The minimum Gasteiger partial charge on any atom is -0.369 e. The largest absolute Gasteiger partial charge is 0.369 e. The Hall–Kier alpha value is -2.60. The van der Waals surface area contributed by atoms with Gasteiger partial charge in [-0.05, 0) is 49.1 Å². The van der Waals surface area contributed by atoms with Crippen molar-refractivity contribution in [1.29, 1.82) is 0 Å². The van der Waals surface area contributed by atoms with E-state index in [0.717, 1.165) is 12.1 Å². The van der Waals surface area contributed by atoms with Gasteiger partial charge in [-0.2, -0.15) is 0 Å². The zero-order valence-electron chi connectivity index (χ0n) is 15.7. The molecule has 1 amide bonds. The molecule has 0 aliphatic carbocycles. The number of primary amides is 1. The maximum atomic E-state index is 13.2. The number of hydrogen-bond acceptors (Lipinski definition) is 4. The molecule has 0 aliphatic rings. The molecule has 0 saturated heterocycles. The van der Waals surface area contributed by atoms with Crippen molar-refractivity contribution in [2.24, 2.45) is 5.73 Å². The van der Waals surface area contributed by atoms with Gasteiger partial charge < -0.3 is 5.73 Å². The number of carbonyl (C=O) groups is 1. The topological polar surface area (TPSA) is 78.0 Å². The lowest BCUT2D eigenvalue weighted by molar-refractivity contribution is -0.117. The summed E-state index contributed by atoms with van der Waals surface area (Å²) in [5, 5.41) is 0.504. The Bertz CT molecular complexity index is 1030. The standard InChI is InChI=1S/C21H23N3O2S/c1-4-13(2)15-9-11-16(12-10-15)24-20(26)17-7-5-6-8-18(17)23-21(24)27-14(3)19(22)25/h5-14H,4H2,1-3H3,(H2,22,25)/t13-,14+/m1/s1. The van der Waals surface area contributed by atoms with Gasteiger partial charge in [0.15, 0.2) is 5.16 Å². The summed E-state index contributed by atoms with van der Waals surface area (Å²) >= 11 is 1.19. The molecule has 0 bridgehead atoms. The molecule has 1 aromatic heterocycles. The van der Waals surface area contributed by atoms with Crippen LogP contribution in [0.15, 0.2) is 58.5 Å². The Morgan fingerprint density at radius 2 is 1.81 bits per heavy atom. The number of carbonyl (C=O) groups excluding carboxylic acids is 1. The number of amides is 1. The minimum atomic E-state index is -0.497. The Labute approximate surface area is 162 Å². The molecule has 0 unspecified atom stereocenters. The van der Waals surface area contributed by atoms with Crippen molar-refractivity contribution < 1.29 is 4.79 Å². The molecule has 2 aromatic carbocycles. The quantitative estimate of drug-likeness (QED) is 0.519. The molecule has 5 nitrogen and oxygen atoms in total. The molecule has 1 heterocycles. The third-order valence-electron chi connectivity index (χ3n) is 4.76. The van der Waals surface area contributed by atoms with Gasteiger partial charge >= 0.3 is 0 Å². The van der Waals surface area contributed by atoms with Crippen LogP contribution in [-0.2, 0) is 4.79 Å². The Balaban J connectivity index is 2.18. The molecular formula is C21H23N3O2S. The molecule has 27 heavy (non-hydrogen) atoms. The van der Waals surface area contributed by atoms with Crippen molar-refractivity contribution in [2.45, 2.75) is 43.5 Å². The van der Waals surface area contributed by atoms with Crippen molar-refractivity contribution >= 4 is 28.6 Å². The van der Waals surface area contributed by atoms with Crippen LogP contribution in [0.25, 0.3) is 16.6 Å². The highest BCUT2D eigenvalue weighted by molar-refractivity contribution is 8.00. The maximum Gasteiger partial charge on any atom is 0.266 e. The van der Waals surface area contributed by atoms with Gasteiger partial charge in [-0.15, -0.1) is 0 Å². The first-order valence-corrected chi connectivity index (χ1v) is 9.88. The van der Waals surface area contributed by atoms with Crippen molar-refractivity contribution in [3.8, 4) is 5.69 Å². The number of para-hydroxylation sites is 1. The summed E-state index contributed by atoms with van der Waals surface area (Å²) in [5.41, 5.74) is 7.82. The molecule has 2 N–H and O–H groups in total. The van der Waals surface area contributed by atoms with Crippen LogP contribution in [-0.4, -0.2) is 20.7 Å².